The summed E-state index contributed by atoms with van der Waals surface area (Å²) in [7, 11) is 0. The van der Waals surface area contributed by atoms with Gasteiger partial charge in [-0.05, 0) is 84.0 Å². The predicted molar refractivity (Wildman–Crippen MR) is 266 cm³/mol. The van der Waals surface area contributed by atoms with E-state index in [4.69, 9.17) is 21.5 Å². The molecule has 0 fully saturated rings. The summed E-state index contributed by atoms with van der Waals surface area (Å²) in [6, 6.07) is 78.5. The van der Waals surface area contributed by atoms with Crippen LogP contribution in [0.4, 0.5) is 0 Å². The van der Waals surface area contributed by atoms with Crippen LogP contribution in [0.1, 0.15) is 59.3 Å². The third-order valence-corrected chi connectivity index (χ3v) is 12.1. The van der Waals surface area contributed by atoms with Crippen molar-refractivity contribution < 1.29 is 0 Å². The fraction of sp³-hybridized carbons (Fsp3) is 0.0847. The minimum absolute atomic E-state index is 0.0625. The molecular weight excluding hydrogens is 765 g/mol. The van der Waals surface area contributed by atoms with Crippen molar-refractivity contribution in [2.24, 2.45) is 21.5 Å². The van der Waals surface area contributed by atoms with Crippen molar-refractivity contribution in [1.29, 1.82) is 0 Å². The Bertz CT molecular complexity index is 2960. The zero-order chi connectivity index (χ0) is 43.0. The molecule has 0 saturated heterocycles. The largest absolute Gasteiger partial charge is 0.383 e. The molecule has 0 aromatic heterocycles. The second kappa shape index (κ2) is 18.9. The molecule has 9 aromatic carbocycles. The molecule has 3 atom stereocenters. The molecule has 0 aliphatic carbocycles. The number of fused-ring (bicyclic) bond motifs is 1. The predicted octanol–water partition coefficient (Wildman–Crippen LogP) is 14.2. The van der Waals surface area contributed by atoms with Gasteiger partial charge in [-0.2, -0.15) is 0 Å². The molecule has 2 unspecified atom stereocenters. The van der Waals surface area contributed by atoms with Crippen molar-refractivity contribution in [2.75, 3.05) is 0 Å². The van der Waals surface area contributed by atoms with Crippen LogP contribution in [0.15, 0.2) is 234 Å². The smallest absolute Gasteiger partial charge is 0.167 e. The van der Waals surface area contributed by atoms with Crippen LogP contribution in [0.5, 0.6) is 0 Å². The first-order valence-electron chi connectivity index (χ1n) is 21.7. The summed E-state index contributed by atoms with van der Waals surface area (Å²) < 4.78 is 0. The highest BCUT2D eigenvalue weighted by Crippen LogP contribution is 2.37. The Balaban J connectivity index is 0.960. The van der Waals surface area contributed by atoms with Crippen molar-refractivity contribution >= 4 is 22.8 Å². The molecule has 63 heavy (non-hydrogen) atoms. The van der Waals surface area contributed by atoms with Gasteiger partial charge in [0.1, 0.15) is 5.84 Å². The molecule has 0 amide bonds. The highest BCUT2D eigenvalue weighted by atomic mass is 15.0. The maximum atomic E-state index is 6.83. The number of aliphatic imine (C=N–C) groups is 2. The highest BCUT2D eigenvalue weighted by Gasteiger charge is 2.20. The second-order valence-corrected chi connectivity index (χ2v) is 16.0. The van der Waals surface area contributed by atoms with Gasteiger partial charge in [0.15, 0.2) is 6.17 Å². The monoisotopic (exact) mass is 814 g/mol. The number of amidine groups is 1. The minimum Gasteiger partial charge on any atom is -0.383 e. The zero-order valence-electron chi connectivity index (χ0n) is 35.4. The molecule has 0 saturated carbocycles. The zero-order valence-corrected chi connectivity index (χ0v) is 35.4. The SMILES string of the molecule is CCC(c1ccccc1)[C@H](N)c1ccc(-c2ccc(-c3cccc4c(-c5ccc(C(N=Cc6ccccc6)N=C(N)c6ccc(-c7ccccc7)cc6)cc5)cccc34)cc2)cc1. The van der Waals surface area contributed by atoms with Gasteiger partial charge >= 0.3 is 0 Å². The summed E-state index contributed by atoms with van der Waals surface area (Å²) in [6.07, 6.45) is 2.33. The number of rotatable bonds is 13. The van der Waals surface area contributed by atoms with E-state index in [2.05, 4.69) is 171 Å². The molecule has 9 rings (SSSR count). The summed E-state index contributed by atoms with van der Waals surface area (Å²) >= 11 is 0. The van der Waals surface area contributed by atoms with E-state index in [1.807, 2.05) is 66.9 Å². The Labute approximate surface area is 371 Å². The maximum absolute atomic E-state index is 6.83. The van der Waals surface area contributed by atoms with Crippen LogP contribution in [-0.4, -0.2) is 12.1 Å². The Morgan fingerprint density at radius 3 is 1.44 bits per heavy atom. The lowest BCUT2D eigenvalue weighted by molar-refractivity contribution is 0.539. The number of benzene rings is 9. The third-order valence-electron chi connectivity index (χ3n) is 12.1. The van der Waals surface area contributed by atoms with Crippen LogP contribution in [0.3, 0.4) is 0 Å². The van der Waals surface area contributed by atoms with E-state index in [9.17, 15) is 0 Å². The number of nitrogens with zero attached hydrogens (tertiary/aromatic N) is 2. The maximum Gasteiger partial charge on any atom is 0.167 e. The van der Waals surface area contributed by atoms with Gasteiger partial charge in [-0.1, -0.05) is 231 Å². The lowest BCUT2D eigenvalue weighted by atomic mass is 9.85. The highest BCUT2D eigenvalue weighted by molar-refractivity contribution is 6.04. The molecule has 0 spiro atoms. The van der Waals surface area contributed by atoms with Gasteiger partial charge in [0.25, 0.3) is 0 Å². The molecule has 0 aliphatic heterocycles. The molecule has 0 aliphatic rings. The van der Waals surface area contributed by atoms with E-state index >= 15 is 0 Å². The molecule has 306 valence electrons. The van der Waals surface area contributed by atoms with Crippen molar-refractivity contribution in [3.05, 3.63) is 252 Å². The normalized spacial score (nSPS) is 13.2. The van der Waals surface area contributed by atoms with Gasteiger partial charge in [-0.15, -0.1) is 0 Å². The Hall–Kier alpha value is -7.66. The van der Waals surface area contributed by atoms with Crippen molar-refractivity contribution in [1.82, 2.24) is 0 Å². The van der Waals surface area contributed by atoms with Crippen molar-refractivity contribution in [3.8, 4) is 44.5 Å². The number of hydrogen-bond donors (Lipinski definition) is 2. The van der Waals surface area contributed by atoms with Crippen LogP contribution in [-0.2, 0) is 0 Å². The number of nitrogens with two attached hydrogens (primary N) is 2. The first-order valence-corrected chi connectivity index (χ1v) is 21.7. The number of hydrogen-bond acceptors (Lipinski definition) is 3. The molecule has 4 N–H and O–H groups in total. The second-order valence-electron chi connectivity index (χ2n) is 16.0. The van der Waals surface area contributed by atoms with E-state index in [1.54, 1.807) is 0 Å². The van der Waals surface area contributed by atoms with E-state index in [1.165, 1.54) is 44.2 Å². The van der Waals surface area contributed by atoms with Gasteiger partial charge < -0.3 is 11.5 Å². The van der Waals surface area contributed by atoms with Gasteiger partial charge in [0.05, 0.1) is 0 Å². The molecule has 0 heterocycles. The summed E-state index contributed by atoms with van der Waals surface area (Å²) in [4.78, 5) is 9.93. The van der Waals surface area contributed by atoms with Gasteiger partial charge in [0, 0.05) is 23.7 Å². The first-order chi connectivity index (χ1) is 31.0. The summed E-state index contributed by atoms with van der Waals surface area (Å²) in [5.41, 5.74) is 28.1. The van der Waals surface area contributed by atoms with E-state index < -0.39 is 6.17 Å². The summed E-state index contributed by atoms with van der Waals surface area (Å²) in [6.45, 7) is 2.21. The average molecular weight is 815 g/mol. The molecule has 4 heteroatoms. The van der Waals surface area contributed by atoms with Crippen molar-refractivity contribution in [2.45, 2.75) is 31.5 Å². The van der Waals surface area contributed by atoms with Crippen LogP contribution in [0.2, 0.25) is 0 Å². The lowest BCUT2D eigenvalue weighted by Gasteiger charge is -2.24. The fourth-order valence-electron chi connectivity index (χ4n) is 8.58. The first kappa shape index (κ1) is 40.7. The molecule has 0 radical (unpaired) electrons. The van der Waals surface area contributed by atoms with E-state index in [-0.39, 0.29) is 12.0 Å². The van der Waals surface area contributed by atoms with Gasteiger partial charge in [0.2, 0.25) is 0 Å². The molecule has 9 aromatic rings. The van der Waals surface area contributed by atoms with Crippen molar-refractivity contribution in [3.63, 3.8) is 0 Å². The van der Waals surface area contributed by atoms with Crippen LogP contribution in [0.25, 0.3) is 55.3 Å². The van der Waals surface area contributed by atoms with E-state index in [0.717, 1.165) is 45.4 Å². The molecule has 0 bridgehead atoms. The average Bonchev–Trinajstić information content (AvgIpc) is 3.36. The van der Waals surface area contributed by atoms with Gasteiger partial charge in [-0.3, -0.25) is 4.99 Å². The Kier molecular flexibility index (Phi) is 12.2. The quantitative estimate of drug-likeness (QED) is 0.0898. The standard InChI is InChI=1S/C59H50N4/c1-2-52(46-18-10-5-11-19-46)57(60)49-34-26-45(27-35-49)44-24-30-47(31-25-44)53-20-12-23-56-54(21-13-22-55(53)56)48-32-38-51(39-33-48)59(62-40-41-14-6-3-7-15-41)63-58(61)50-36-28-43(29-37-50)42-16-8-4-9-17-42/h3-40,52,57,59H,2,60H2,1H3,(H2,61,63)/t52?,57-,59?/m1/s1. The summed E-state index contributed by atoms with van der Waals surface area (Å²) in [5.74, 6) is 0.708. The lowest BCUT2D eigenvalue weighted by Crippen LogP contribution is -2.19. The molecular formula is C59H50N4. The van der Waals surface area contributed by atoms with Crippen LogP contribution >= 0.6 is 0 Å². The Morgan fingerprint density at radius 2 is 0.889 bits per heavy atom. The van der Waals surface area contributed by atoms with Crippen LogP contribution in [0, 0.1) is 0 Å². The minimum atomic E-state index is -0.529. The summed E-state index contributed by atoms with van der Waals surface area (Å²) in [5, 5.41) is 2.40. The van der Waals surface area contributed by atoms with Gasteiger partial charge in [-0.25, -0.2) is 4.99 Å². The fourth-order valence-corrected chi connectivity index (χ4v) is 8.58. The third kappa shape index (κ3) is 9.18. The van der Waals surface area contributed by atoms with E-state index in [0.29, 0.717) is 5.84 Å². The van der Waals surface area contributed by atoms with Crippen LogP contribution < -0.4 is 11.5 Å². The topological polar surface area (TPSA) is 76.8 Å². The Morgan fingerprint density at radius 1 is 0.444 bits per heavy atom. The molecule has 4 nitrogen and oxygen atoms in total.